The van der Waals surface area contributed by atoms with Crippen molar-refractivity contribution >= 4 is 5.69 Å². The quantitative estimate of drug-likeness (QED) is 0.841. The summed E-state index contributed by atoms with van der Waals surface area (Å²) in [5.74, 6) is -1.94. The highest BCUT2D eigenvalue weighted by molar-refractivity contribution is 5.44. The molecular weight excluding hydrogens is 291 g/mol. The van der Waals surface area contributed by atoms with E-state index in [0.717, 1.165) is 24.4 Å². The van der Waals surface area contributed by atoms with Crippen LogP contribution < -0.4 is 5.32 Å². The maximum atomic E-state index is 13.1. The summed E-state index contributed by atoms with van der Waals surface area (Å²) in [5, 5.41) is 2.86. The van der Waals surface area contributed by atoms with Crippen molar-refractivity contribution < 1.29 is 22.0 Å². The number of aromatic nitrogens is 1. The highest BCUT2D eigenvalue weighted by Crippen LogP contribution is 2.28. The summed E-state index contributed by atoms with van der Waals surface area (Å²) in [6.07, 6.45) is -3.45. The van der Waals surface area contributed by atoms with Gasteiger partial charge >= 0.3 is 6.18 Å². The van der Waals surface area contributed by atoms with E-state index >= 15 is 0 Å². The zero-order valence-electron chi connectivity index (χ0n) is 10.9. The Morgan fingerprint density at radius 1 is 1.05 bits per heavy atom. The molecule has 0 radical (unpaired) electrons. The Kier molecular flexibility index (Phi) is 4.11. The van der Waals surface area contributed by atoms with E-state index in [0.29, 0.717) is 11.3 Å². The van der Waals surface area contributed by atoms with Crippen molar-refractivity contribution in [1.29, 1.82) is 0 Å². The molecule has 2 rings (SSSR count). The van der Waals surface area contributed by atoms with Crippen molar-refractivity contribution in [3.8, 4) is 0 Å². The van der Waals surface area contributed by atoms with Gasteiger partial charge in [0, 0.05) is 6.04 Å². The number of nitrogens with zero attached hydrogens (tertiary/aromatic N) is 1. The van der Waals surface area contributed by atoms with E-state index in [9.17, 15) is 22.0 Å². The van der Waals surface area contributed by atoms with Crippen LogP contribution in [0.25, 0.3) is 0 Å². The Balaban J connectivity index is 2.12. The van der Waals surface area contributed by atoms with Gasteiger partial charge in [-0.2, -0.15) is 13.2 Å². The van der Waals surface area contributed by atoms with Crippen molar-refractivity contribution in [1.82, 2.24) is 4.98 Å². The van der Waals surface area contributed by atoms with Crippen molar-refractivity contribution in [2.75, 3.05) is 5.32 Å². The van der Waals surface area contributed by atoms with Gasteiger partial charge in [-0.25, -0.2) is 13.8 Å². The number of hydrogen-bond donors (Lipinski definition) is 1. The van der Waals surface area contributed by atoms with Crippen molar-refractivity contribution in [2.45, 2.75) is 19.1 Å². The van der Waals surface area contributed by atoms with Gasteiger partial charge in [-0.3, -0.25) is 0 Å². The van der Waals surface area contributed by atoms with E-state index in [2.05, 4.69) is 10.3 Å². The Labute approximate surface area is 117 Å². The molecule has 112 valence electrons. The number of halogens is 5. The minimum absolute atomic E-state index is 0.347. The molecule has 0 fully saturated rings. The van der Waals surface area contributed by atoms with Gasteiger partial charge in [-0.15, -0.1) is 0 Å². The number of anilines is 1. The molecule has 0 amide bonds. The van der Waals surface area contributed by atoms with Crippen LogP contribution in [0.4, 0.5) is 27.6 Å². The predicted molar refractivity (Wildman–Crippen MR) is 67.6 cm³/mol. The normalized spacial score (nSPS) is 13.0. The summed E-state index contributed by atoms with van der Waals surface area (Å²) in [5.41, 5.74) is -0.178. The third-order valence-electron chi connectivity index (χ3n) is 2.88. The maximum absolute atomic E-state index is 13.1. The highest BCUT2D eigenvalue weighted by Gasteiger charge is 2.32. The van der Waals surface area contributed by atoms with Crippen LogP contribution >= 0.6 is 0 Å². The highest BCUT2D eigenvalue weighted by atomic mass is 19.4. The fourth-order valence-electron chi connectivity index (χ4n) is 1.76. The molecule has 1 heterocycles. The minimum Gasteiger partial charge on any atom is -0.377 e. The molecular formula is C14H11F5N2. The number of rotatable bonds is 3. The zero-order valence-corrected chi connectivity index (χ0v) is 10.9. The molecule has 0 aliphatic rings. The monoisotopic (exact) mass is 302 g/mol. The van der Waals surface area contributed by atoms with E-state index in [1.807, 2.05) is 0 Å². The second kappa shape index (κ2) is 5.67. The average molecular weight is 302 g/mol. The summed E-state index contributed by atoms with van der Waals surface area (Å²) in [4.78, 5) is 3.31. The molecule has 1 aromatic heterocycles. The molecule has 21 heavy (non-hydrogen) atoms. The summed E-state index contributed by atoms with van der Waals surface area (Å²) >= 11 is 0. The lowest BCUT2D eigenvalue weighted by molar-refractivity contribution is -0.141. The van der Waals surface area contributed by atoms with E-state index in [1.54, 1.807) is 6.92 Å². The Morgan fingerprint density at radius 3 is 2.29 bits per heavy atom. The first kappa shape index (κ1) is 15.2. The van der Waals surface area contributed by atoms with Crippen LogP contribution in [0.5, 0.6) is 0 Å². The molecule has 1 aromatic carbocycles. The second-order valence-electron chi connectivity index (χ2n) is 4.47. The summed E-state index contributed by atoms with van der Waals surface area (Å²) in [6, 6.07) is 5.08. The molecule has 1 atom stereocenters. The van der Waals surface area contributed by atoms with Gasteiger partial charge in [0.2, 0.25) is 0 Å². The van der Waals surface area contributed by atoms with Crippen LogP contribution in [0.1, 0.15) is 24.2 Å². The standard InChI is InChI=1S/C14H11F5N2/c1-8(9-2-4-11(15)12(16)6-9)21-10-3-5-13(20-7-10)14(17,18)19/h2-8,21H,1H3. The van der Waals surface area contributed by atoms with Crippen LogP contribution in [0.15, 0.2) is 36.5 Å². The molecule has 0 aliphatic heterocycles. The van der Waals surface area contributed by atoms with Gasteiger partial charge in [-0.05, 0) is 36.8 Å². The van der Waals surface area contributed by atoms with Gasteiger partial charge in [0.1, 0.15) is 5.69 Å². The van der Waals surface area contributed by atoms with Crippen LogP contribution in [0.3, 0.4) is 0 Å². The fourth-order valence-corrected chi connectivity index (χ4v) is 1.76. The van der Waals surface area contributed by atoms with Crippen LogP contribution in [-0.4, -0.2) is 4.98 Å². The number of benzene rings is 1. The lowest BCUT2D eigenvalue weighted by Crippen LogP contribution is -2.10. The van der Waals surface area contributed by atoms with Crippen LogP contribution in [0.2, 0.25) is 0 Å². The third kappa shape index (κ3) is 3.68. The van der Waals surface area contributed by atoms with E-state index in [-0.39, 0.29) is 0 Å². The predicted octanol–water partition coefficient (Wildman–Crippen LogP) is 4.55. The van der Waals surface area contributed by atoms with Crippen LogP contribution in [-0.2, 0) is 6.18 Å². The molecule has 0 spiro atoms. The lowest BCUT2D eigenvalue weighted by Gasteiger charge is -2.16. The molecule has 2 aromatic rings. The molecule has 0 saturated carbocycles. The van der Waals surface area contributed by atoms with E-state index < -0.39 is 29.5 Å². The first-order valence-corrected chi connectivity index (χ1v) is 6.02. The fraction of sp³-hybridized carbons (Fsp3) is 0.214. The molecule has 2 nitrogen and oxygen atoms in total. The first-order valence-electron chi connectivity index (χ1n) is 6.02. The number of nitrogens with one attached hydrogen (secondary N) is 1. The number of hydrogen-bond acceptors (Lipinski definition) is 2. The first-order chi connectivity index (χ1) is 9.77. The molecule has 7 heteroatoms. The van der Waals surface area contributed by atoms with Gasteiger partial charge in [0.05, 0.1) is 11.9 Å². The SMILES string of the molecule is CC(Nc1ccc(C(F)(F)F)nc1)c1ccc(F)c(F)c1. The lowest BCUT2D eigenvalue weighted by atomic mass is 10.1. The van der Waals surface area contributed by atoms with Gasteiger partial charge < -0.3 is 5.32 Å². The molecule has 1 unspecified atom stereocenters. The van der Waals surface area contributed by atoms with Crippen LogP contribution in [0, 0.1) is 11.6 Å². The van der Waals surface area contributed by atoms with E-state index in [4.69, 9.17) is 0 Å². The summed E-state index contributed by atoms with van der Waals surface area (Å²) < 4.78 is 63.1. The smallest absolute Gasteiger partial charge is 0.377 e. The largest absolute Gasteiger partial charge is 0.433 e. The van der Waals surface area contributed by atoms with Crippen molar-refractivity contribution in [3.63, 3.8) is 0 Å². The summed E-state index contributed by atoms with van der Waals surface area (Å²) in [6.45, 7) is 1.67. The average Bonchev–Trinajstić information content (AvgIpc) is 2.41. The Morgan fingerprint density at radius 2 is 1.76 bits per heavy atom. The van der Waals surface area contributed by atoms with Gasteiger partial charge in [0.25, 0.3) is 0 Å². The number of pyridine rings is 1. The maximum Gasteiger partial charge on any atom is 0.433 e. The van der Waals surface area contributed by atoms with Gasteiger partial charge in [0.15, 0.2) is 11.6 Å². The molecule has 0 aliphatic carbocycles. The Bertz CT molecular complexity index is 622. The zero-order chi connectivity index (χ0) is 15.6. The summed E-state index contributed by atoms with van der Waals surface area (Å²) in [7, 11) is 0. The van der Waals surface area contributed by atoms with Crippen molar-refractivity contribution in [3.05, 3.63) is 59.4 Å². The van der Waals surface area contributed by atoms with Gasteiger partial charge in [-0.1, -0.05) is 6.07 Å². The molecule has 0 bridgehead atoms. The topological polar surface area (TPSA) is 24.9 Å². The third-order valence-corrected chi connectivity index (χ3v) is 2.88. The molecule has 0 saturated heterocycles. The van der Waals surface area contributed by atoms with E-state index in [1.165, 1.54) is 12.1 Å². The molecule has 1 N–H and O–H groups in total. The Hall–Kier alpha value is -2.18. The minimum atomic E-state index is -4.50. The number of alkyl halides is 3. The second-order valence-corrected chi connectivity index (χ2v) is 4.47. The van der Waals surface area contributed by atoms with Crippen molar-refractivity contribution in [2.24, 2.45) is 0 Å².